The summed E-state index contributed by atoms with van der Waals surface area (Å²) in [4.78, 5) is 120. The predicted molar refractivity (Wildman–Crippen MR) is 546 cm³/mol. The van der Waals surface area contributed by atoms with E-state index in [1.54, 1.807) is 51.5 Å². The van der Waals surface area contributed by atoms with Crippen molar-refractivity contribution in [2.24, 2.45) is 0 Å². The lowest BCUT2D eigenvalue weighted by atomic mass is 10.0. The van der Waals surface area contributed by atoms with E-state index < -0.39 is 66.3 Å². The number of hydrogen-bond donors (Lipinski definition) is 3. The Kier molecular flexibility index (Phi) is 31.1. The van der Waals surface area contributed by atoms with Crippen LogP contribution in [0.15, 0.2) is 107 Å². The number of rotatable bonds is 15. The van der Waals surface area contributed by atoms with Crippen LogP contribution >= 0.6 is 139 Å². The Hall–Kier alpha value is -11.6. The van der Waals surface area contributed by atoms with Crippen LogP contribution in [0.25, 0.3) is 83.9 Å². The third kappa shape index (κ3) is 18.3. The average Bonchev–Trinajstić information content (AvgIpc) is 0.726. The Labute approximate surface area is 850 Å². The molecule has 6 N–H and O–H groups in total. The Morgan fingerprint density at radius 1 is 0.399 bits per heavy atom. The monoisotopic (exact) mass is 2100 g/mol. The molecule has 0 aliphatic carbocycles. The van der Waals surface area contributed by atoms with Crippen molar-refractivity contribution in [2.45, 2.75) is 119 Å². The maximum absolute atomic E-state index is 15.1. The molecule has 15 rings (SSSR count). The summed E-state index contributed by atoms with van der Waals surface area (Å²) in [6.45, 7) is 36.1. The molecular weight excluding hydrogens is 2030 g/mol. The number of carbonyl (C=O) groups is 3. The highest BCUT2D eigenvalue weighted by Gasteiger charge is 2.40. The summed E-state index contributed by atoms with van der Waals surface area (Å²) in [5.41, 5.74) is 20.6. The Balaban J connectivity index is 0.000000175. The van der Waals surface area contributed by atoms with Crippen LogP contribution in [0.1, 0.15) is 131 Å². The van der Waals surface area contributed by atoms with E-state index in [1.807, 2.05) is 97.8 Å². The van der Waals surface area contributed by atoms with Gasteiger partial charge in [-0.15, -0.1) is 0 Å². The van der Waals surface area contributed by atoms with Crippen molar-refractivity contribution in [2.75, 3.05) is 90.8 Å². The molecule has 0 unspecified atom stereocenters. The molecule has 3 atom stereocenters. The lowest BCUT2D eigenvalue weighted by Crippen LogP contribution is -2.54. The van der Waals surface area contributed by atoms with Gasteiger partial charge in [-0.3, -0.25) is 57.4 Å². The third-order valence-corrected chi connectivity index (χ3v) is 28.9. The van der Waals surface area contributed by atoms with Crippen molar-refractivity contribution in [3.63, 3.8) is 0 Å². The molecule has 12 aromatic rings. The van der Waals surface area contributed by atoms with E-state index in [1.165, 1.54) is 50.1 Å². The molecular formula is C96H84Cl12F3N21O6. The van der Waals surface area contributed by atoms with Crippen LogP contribution < -0.4 is 48.6 Å². The lowest BCUT2D eigenvalue weighted by Gasteiger charge is -2.41. The summed E-state index contributed by atoms with van der Waals surface area (Å²) in [7, 11) is 0. The molecule has 0 spiro atoms. The fourth-order valence-electron chi connectivity index (χ4n) is 17.6. The first-order chi connectivity index (χ1) is 65.2. The number of nitrogens with zero attached hydrogens (tertiary/aromatic N) is 18. The topological polar surface area (TPSA) is 363 Å². The van der Waals surface area contributed by atoms with E-state index in [9.17, 15) is 44.6 Å². The zero-order valence-corrected chi connectivity index (χ0v) is 84.8. The quantitative estimate of drug-likeness (QED) is 0.0371. The molecule has 138 heavy (non-hydrogen) atoms. The van der Waals surface area contributed by atoms with E-state index >= 15 is 13.2 Å². The third-order valence-electron chi connectivity index (χ3n) is 24.2. The van der Waals surface area contributed by atoms with Gasteiger partial charge < -0.3 is 46.6 Å². The van der Waals surface area contributed by atoms with Crippen LogP contribution in [-0.4, -0.2) is 153 Å². The second-order valence-electron chi connectivity index (χ2n) is 33.8. The molecule has 42 heteroatoms. The van der Waals surface area contributed by atoms with Gasteiger partial charge in [-0.05, 0) is 131 Å². The van der Waals surface area contributed by atoms with Crippen molar-refractivity contribution in [1.82, 2.24) is 58.3 Å². The number of carbonyl (C=O) groups excluding carboxylic acids is 3. The summed E-state index contributed by atoms with van der Waals surface area (Å²) in [6, 6.07) is 15.3. The van der Waals surface area contributed by atoms with Crippen LogP contribution in [0.5, 0.6) is 0 Å². The van der Waals surface area contributed by atoms with Crippen LogP contribution in [-0.2, 0) is 14.4 Å². The minimum absolute atomic E-state index is 0.00487. The van der Waals surface area contributed by atoms with Crippen molar-refractivity contribution in [3.05, 3.63) is 252 Å². The summed E-state index contributed by atoms with van der Waals surface area (Å²) < 4.78 is 49.3. The summed E-state index contributed by atoms with van der Waals surface area (Å²) >= 11 is 77.1. The van der Waals surface area contributed by atoms with Crippen molar-refractivity contribution in [1.29, 1.82) is 15.8 Å². The normalized spacial score (nSPS) is 15.0. The zero-order chi connectivity index (χ0) is 101. The van der Waals surface area contributed by atoms with Crippen molar-refractivity contribution < 1.29 is 27.6 Å². The highest BCUT2D eigenvalue weighted by Crippen LogP contribution is 2.52. The second kappa shape index (κ2) is 41.4. The Bertz CT molecular complexity index is 6780. The fraction of sp³-hybridized carbons (Fsp3) is 0.281. The van der Waals surface area contributed by atoms with E-state index in [2.05, 4.69) is 52.9 Å². The molecule has 0 bridgehead atoms. The van der Waals surface area contributed by atoms with Gasteiger partial charge in [0.15, 0.2) is 17.5 Å². The van der Waals surface area contributed by atoms with Crippen LogP contribution in [0.3, 0.4) is 0 Å². The highest BCUT2D eigenvalue weighted by molar-refractivity contribution is 6.52. The number of nitrogens with two attached hydrogens (primary N) is 3. The van der Waals surface area contributed by atoms with Gasteiger partial charge >= 0.3 is 0 Å². The summed E-state index contributed by atoms with van der Waals surface area (Å²) in [6.07, 6.45) is 8.67. The number of anilines is 6. The number of amides is 3. The van der Waals surface area contributed by atoms with Gasteiger partial charge in [0.1, 0.15) is 51.8 Å². The Morgan fingerprint density at radius 2 is 0.630 bits per heavy atom. The van der Waals surface area contributed by atoms with E-state index in [-0.39, 0.29) is 166 Å². The fourth-order valence-corrected chi connectivity index (χ4v) is 20.4. The summed E-state index contributed by atoms with van der Waals surface area (Å²) in [5, 5.41) is 29.7. The first kappa shape index (κ1) is 104. The molecule has 3 saturated heterocycles. The maximum atomic E-state index is 15.1. The van der Waals surface area contributed by atoms with Gasteiger partial charge in [-0.2, -0.15) is 15.8 Å². The number of pyridine rings is 9. The Morgan fingerprint density at radius 3 is 0.833 bits per heavy atom. The molecule has 3 aliphatic heterocycles. The van der Waals surface area contributed by atoms with Gasteiger partial charge in [-0.1, -0.05) is 200 Å². The van der Waals surface area contributed by atoms with Crippen LogP contribution in [0.4, 0.5) is 47.3 Å². The lowest BCUT2D eigenvalue weighted by molar-refractivity contribution is -0.129. The number of aryl methyl sites for hydroxylation is 3. The molecule has 0 radical (unpaired) electrons. The van der Waals surface area contributed by atoms with Gasteiger partial charge in [0.05, 0.1) is 146 Å². The minimum atomic E-state index is -1.01. The number of nitriles is 3. The number of benzene rings is 3. The van der Waals surface area contributed by atoms with E-state index in [0.717, 1.165) is 0 Å². The zero-order valence-electron chi connectivity index (χ0n) is 75.8. The standard InChI is InChI=1S/3C32H28Cl4FN7O2/c3*1-6-20(45)43-10-9-42(13-16(43)5)30-17-11-19(33)28(21-22(34)23(35)24(36)25(37)26(21)39)41-31(17)44(32(46)18(30)12-38)29-15(4)7-8-40-27(29)14(2)3/h3*6-8,11,14,16H,1,9-10,13,39H2,2-5H3/t3*16-/m111/s1. The average molecular weight is 2110 g/mol. The molecule has 0 saturated carbocycles. The number of halogens is 15. The first-order valence-electron chi connectivity index (χ1n) is 42.6. The first-order valence-corrected chi connectivity index (χ1v) is 47.1. The number of aromatic nitrogens is 9. The van der Waals surface area contributed by atoms with Crippen molar-refractivity contribution >= 4 is 224 Å². The van der Waals surface area contributed by atoms with Gasteiger partial charge in [0.2, 0.25) is 17.7 Å². The van der Waals surface area contributed by atoms with E-state index in [4.69, 9.17) is 171 Å². The molecule has 3 aliphatic rings. The molecule has 3 amide bonds. The predicted octanol–water partition coefficient (Wildman–Crippen LogP) is 21.9. The highest BCUT2D eigenvalue weighted by atomic mass is 35.5. The molecule has 714 valence electrons. The molecule has 12 heterocycles. The van der Waals surface area contributed by atoms with Crippen LogP contribution in [0.2, 0.25) is 60.3 Å². The molecule has 3 aromatic carbocycles. The van der Waals surface area contributed by atoms with Gasteiger partial charge in [-0.25, -0.2) is 28.1 Å². The van der Waals surface area contributed by atoms with E-state index in [0.29, 0.717) is 143 Å². The smallest absolute Gasteiger partial charge is 0.276 e. The van der Waals surface area contributed by atoms with Gasteiger partial charge in [0.25, 0.3) is 16.7 Å². The number of fused-ring (bicyclic) bond motifs is 3. The SMILES string of the molecule is C=CC(=O)N1CCN(c2c(C#N)c(=O)n(-c3c(C)ccnc3C(C)C)c3nc(-c4c(N)c(F)c(Cl)c(Cl)c4Cl)c(Cl)cc23)C[C@H]1C.C=CC(=O)N1CCN(c2c(C#N)c(=O)n(-c3c(C)ccnc3C(C)C)c3nc(-c4c(N)c(F)c(Cl)c(Cl)c4Cl)c(Cl)cc23)C[C@H]1C.C=CC(=O)N1CCN(c2c(C#N)c(=O)n(-c3c(C)ccnc3C(C)C)c3nc(-c4c(N)c(F)c(Cl)c(Cl)c4Cl)c(Cl)cc23)C[C@H]1C. The van der Waals surface area contributed by atoms with Crippen molar-refractivity contribution in [3.8, 4) is 69.0 Å². The number of nitrogen functional groups attached to an aromatic ring is 3. The largest absolute Gasteiger partial charge is 0.396 e. The molecule has 9 aromatic heterocycles. The molecule has 27 nitrogen and oxygen atoms in total. The number of hydrogen-bond acceptors (Lipinski definition) is 21. The summed E-state index contributed by atoms with van der Waals surface area (Å²) in [5.74, 6) is -4.07. The van der Waals surface area contributed by atoms with Crippen LogP contribution in [0, 0.1) is 72.2 Å². The minimum Gasteiger partial charge on any atom is -0.396 e. The van der Waals surface area contributed by atoms with Gasteiger partial charge in [0, 0.05) is 128 Å². The second-order valence-corrected chi connectivity index (χ2v) is 38.4. The number of piperazine rings is 3. The molecule has 3 fully saturated rings. The maximum Gasteiger partial charge on any atom is 0.276 e.